The summed E-state index contributed by atoms with van der Waals surface area (Å²) >= 11 is 5.93. The summed E-state index contributed by atoms with van der Waals surface area (Å²) in [5.41, 5.74) is -2.36. The highest BCUT2D eigenvalue weighted by atomic mass is 35.5. The van der Waals surface area contributed by atoms with Crippen LogP contribution in [0.25, 0.3) is 0 Å². The molecular weight excluding hydrogens is 338 g/mol. The van der Waals surface area contributed by atoms with Crippen molar-refractivity contribution in [3.8, 4) is 0 Å². The molecule has 0 aromatic heterocycles. The Balaban J connectivity index is 3.60. The number of aliphatic hydroxyl groups is 1. The van der Waals surface area contributed by atoms with Gasteiger partial charge in [-0.3, -0.25) is 19.7 Å². The van der Waals surface area contributed by atoms with Crippen LogP contribution in [-0.2, 0) is 19.7 Å². The van der Waals surface area contributed by atoms with E-state index in [2.05, 4.69) is 0 Å². The number of aliphatic hydroxyl groups excluding tert-OH is 1. The van der Waals surface area contributed by atoms with Gasteiger partial charge in [0.15, 0.2) is 0 Å². The van der Waals surface area contributed by atoms with Gasteiger partial charge in [0.25, 0.3) is 0 Å². The van der Waals surface area contributed by atoms with E-state index in [4.69, 9.17) is 16.3 Å². The van der Waals surface area contributed by atoms with Crippen LogP contribution in [0.1, 0.15) is 32.8 Å². The monoisotopic (exact) mass is 355 g/mol. The molecule has 8 heteroatoms. The highest BCUT2D eigenvalue weighted by molar-refractivity contribution is 6.30. The molecule has 0 radical (unpaired) electrons. The number of rotatable bonds is 8. The topological polar surface area (TPSA) is 107 Å². The SMILES string of the molecule is CCOC(O)=C(CC(C(C)=O)(C(C)=O)c1cccc(Cl)c1)[N+](=O)[O-]. The summed E-state index contributed by atoms with van der Waals surface area (Å²) in [5, 5.41) is 21.3. The van der Waals surface area contributed by atoms with E-state index >= 15 is 0 Å². The van der Waals surface area contributed by atoms with Crippen molar-refractivity contribution in [2.45, 2.75) is 32.6 Å². The first-order valence-corrected chi connectivity index (χ1v) is 7.52. The van der Waals surface area contributed by atoms with Crippen LogP contribution in [0.2, 0.25) is 5.02 Å². The third-order valence-corrected chi connectivity index (χ3v) is 3.94. The van der Waals surface area contributed by atoms with Crippen LogP contribution in [0.3, 0.4) is 0 Å². The number of nitrogens with zero attached hydrogens (tertiary/aromatic N) is 1. The third-order valence-electron chi connectivity index (χ3n) is 3.70. The van der Waals surface area contributed by atoms with E-state index in [1.807, 2.05) is 0 Å². The van der Waals surface area contributed by atoms with Gasteiger partial charge < -0.3 is 9.84 Å². The lowest BCUT2D eigenvalue weighted by molar-refractivity contribution is -0.434. The van der Waals surface area contributed by atoms with E-state index in [1.165, 1.54) is 25.1 Å². The van der Waals surface area contributed by atoms with Crippen molar-refractivity contribution < 1.29 is 24.4 Å². The Kier molecular flexibility index (Phi) is 6.48. The summed E-state index contributed by atoms with van der Waals surface area (Å²) in [6.07, 6.45) is -0.642. The molecule has 1 aromatic rings. The number of carbonyl (C=O) groups is 2. The van der Waals surface area contributed by atoms with Gasteiger partial charge in [-0.15, -0.1) is 0 Å². The Morgan fingerprint density at radius 2 is 1.92 bits per heavy atom. The van der Waals surface area contributed by atoms with E-state index in [9.17, 15) is 24.8 Å². The molecule has 0 aliphatic heterocycles. The van der Waals surface area contributed by atoms with Gasteiger partial charge in [0.1, 0.15) is 17.0 Å². The maximum absolute atomic E-state index is 12.3. The Bertz CT molecular complexity index is 684. The molecule has 0 saturated carbocycles. The van der Waals surface area contributed by atoms with Gasteiger partial charge in [0.2, 0.25) is 0 Å². The maximum Gasteiger partial charge on any atom is 0.353 e. The fraction of sp³-hybridized carbons (Fsp3) is 0.375. The third kappa shape index (κ3) is 3.91. The highest BCUT2D eigenvalue weighted by Gasteiger charge is 2.47. The Morgan fingerprint density at radius 1 is 1.33 bits per heavy atom. The molecule has 130 valence electrons. The van der Waals surface area contributed by atoms with Gasteiger partial charge in [0, 0.05) is 5.02 Å². The van der Waals surface area contributed by atoms with Gasteiger partial charge in [-0.1, -0.05) is 23.7 Å². The van der Waals surface area contributed by atoms with Crippen molar-refractivity contribution >= 4 is 23.2 Å². The van der Waals surface area contributed by atoms with E-state index < -0.39 is 40.0 Å². The lowest BCUT2D eigenvalue weighted by Crippen LogP contribution is -2.42. The predicted molar refractivity (Wildman–Crippen MR) is 87.4 cm³/mol. The molecule has 0 heterocycles. The molecule has 0 spiro atoms. The number of carbonyl (C=O) groups excluding carboxylic acids is 2. The summed E-state index contributed by atoms with van der Waals surface area (Å²) in [6.45, 7) is 3.86. The van der Waals surface area contributed by atoms with Gasteiger partial charge in [0.05, 0.1) is 18.0 Å². The number of hydrogen-bond acceptors (Lipinski definition) is 6. The van der Waals surface area contributed by atoms with Crippen LogP contribution in [0, 0.1) is 10.1 Å². The number of benzene rings is 1. The van der Waals surface area contributed by atoms with Crippen LogP contribution in [-0.4, -0.2) is 28.2 Å². The second-order valence-electron chi connectivity index (χ2n) is 5.15. The van der Waals surface area contributed by atoms with E-state index in [0.717, 1.165) is 13.8 Å². The lowest BCUT2D eigenvalue weighted by atomic mass is 9.71. The zero-order chi connectivity index (χ0) is 18.5. The molecular formula is C16H18ClNO6. The molecule has 1 aromatic carbocycles. The fourth-order valence-electron chi connectivity index (χ4n) is 2.45. The average Bonchev–Trinajstić information content (AvgIpc) is 2.47. The number of halogens is 1. The Morgan fingerprint density at radius 3 is 2.33 bits per heavy atom. The molecule has 1 N–H and O–H groups in total. The average molecular weight is 356 g/mol. The number of Topliss-reactive ketones (excluding diaryl/α,β-unsaturated/α-hetero) is 2. The summed E-state index contributed by atoms with van der Waals surface area (Å²) in [5.74, 6) is -2.11. The number of nitro groups is 1. The second-order valence-corrected chi connectivity index (χ2v) is 5.58. The Hall–Kier alpha value is -2.41. The van der Waals surface area contributed by atoms with Crippen molar-refractivity contribution in [1.29, 1.82) is 0 Å². The molecule has 24 heavy (non-hydrogen) atoms. The minimum Gasteiger partial charge on any atom is -0.476 e. The lowest BCUT2D eigenvalue weighted by Gasteiger charge is -2.28. The van der Waals surface area contributed by atoms with Crippen LogP contribution < -0.4 is 0 Å². The van der Waals surface area contributed by atoms with E-state index in [0.29, 0.717) is 0 Å². The van der Waals surface area contributed by atoms with Gasteiger partial charge >= 0.3 is 11.6 Å². The fourth-order valence-corrected chi connectivity index (χ4v) is 2.64. The van der Waals surface area contributed by atoms with Crippen molar-refractivity contribution in [2.24, 2.45) is 0 Å². The molecule has 0 fully saturated rings. The van der Waals surface area contributed by atoms with Crippen LogP contribution in [0.5, 0.6) is 0 Å². The molecule has 0 atom stereocenters. The summed E-state index contributed by atoms with van der Waals surface area (Å²) in [4.78, 5) is 35.1. The number of allylic oxidation sites excluding steroid dienone is 1. The molecule has 0 bridgehead atoms. The minimum atomic E-state index is -1.83. The number of hydrogen-bond donors (Lipinski definition) is 1. The summed E-state index contributed by atoms with van der Waals surface area (Å²) < 4.78 is 4.78. The molecule has 0 aliphatic carbocycles. The van der Waals surface area contributed by atoms with Crippen molar-refractivity contribution in [2.75, 3.05) is 6.61 Å². The predicted octanol–water partition coefficient (Wildman–Crippen LogP) is 3.19. The van der Waals surface area contributed by atoms with E-state index in [1.54, 1.807) is 6.07 Å². The normalized spacial score (nSPS) is 12.3. The minimum absolute atomic E-state index is 0.00647. The Labute approximate surface area is 144 Å². The maximum atomic E-state index is 12.3. The van der Waals surface area contributed by atoms with Gasteiger partial charge in [-0.05, 0) is 38.5 Å². The first-order chi connectivity index (χ1) is 11.2. The van der Waals surface area contributed by atoms with E-state index in [-0.39, 0.29) is 17.2 Å². The molecule has 0 saturated heterocycles. The van der Waals surface area contributed by atoms with Crippen molar-refractivity contribution in [1.82, 2.24) is 0 Å². The summed E-state index contributed by atoms with van der Waals surface area (Å²) in [6, 6.07) is 5.98. The first-order valence-electron chi connectivity index (χ1n) is 7.14. The standard InChI is InChI=1S/C16H18ClNO6/c1-4-24-15(21)14(18(22)23)9-16(10(2)19,11(3)20)12-6-5-7-13(17)8-12/h5-8,21H,4,9H2,1-3H3. The van der Waals surface area contributed by atoms with Crippen LogP contribution in [0.15, 0.2) is 35.9 Å². The number of ketones is 2. The number of ether oxygens (including phenoxy) is 1. The zero-order valence-electron chi connectivity index (χ0n) is 13.5. The quantitative estimate of drug-likeness (QED) is 0.332. The van der Waals surface area contributed by atoms with Crippen molar-refractivity contribution in [3.05, 3.63) is 56.6 Å². The molecule has 1 rings (SSSR count). The first kappa shape index (κ1) is 19.6. The smallest absolute Gasteiger partial charge is 0.353 e. The second kappa shape index (κ2) is 7.92. The van der Waals surface area contributed by atoms with Gasteiger partial charge in [-0.2, -0.15) is 0 Å². The largest absolute Gasteiger partial charge is 0.476 e. The molecule has 0 amide bonds. The zero-order valence-corrected chi connectivity index (χ0v) is 14.3. The van der Waals surface area contributed by atoms with Crippen LogP contribution in [0.4, 0.5) is 0 Å². The molecule has 7 nitrogen and oxygen atoms in total. The molecule has 0 unspecified atom stereocenters. The molecule has 0 aliphatic rings. The van der Waals surface area contributed by atoms with Crippen LogP contribution >= 0.6 is 11.6 Å². The summed E-state index contributed by atoms with van der Waals surface area (Å²) in [7, 11) is 0. The van der Waals surface area contributed by atoms with Crippen molar-refractivity contribution in [3.63, 3.8) is 0 Å². The van der Waals surface area contributed by atoms with Gasteiger partial charge in [-0.25, -0.2) is 0 Å². The highest BCUT2D eigenvalue weighted by Crippen LogP contribution is 2.36.